The van der Waals surface area contributed by atoms with Gasteiger partial charge in [0.2, 0.25) is 5.95 Å². The number of nitrogens with zero attached hydrogens (tertiary/aromatic N) is 4. The number of aromatic nitrogens is 2. The van der Waals surface area contributed by atoms with E-state index in [2.05, 4.69) is 27.0 Å². The van der Waals surface area contributed by atoms with E-state index < -0.39 is 0 Å². The van der Waals surface area contributed by atoms with Crippen LogP contribution in [0.3, 0.4) is 0 Å². The molecule has 6 nitrogen and oxygen atoms in total. The van der Waals surface area contributed by atoms with E-state index in [4.69, 9.17) is 5.73 Å². The molecule has 0 unspecified atom stereocenters. The van der Waals surface area contributed by atoms with Gasteiger partial charge in [-0.1, -0.05) is 30.3 Å². The lowest BCUT2D eigenvalue weighted by Gasteiger charge is -2.22. The van der Waals surface area contributed by atoms with Crippen LogP contribution in [0.2, 0.25) is 0 Å². The lowest BCUT2D eigenvalue weighted by Crippen LogP contribution is -2.37. The Morgan fingerprint density at radius 1 is 1.12 bits per heavy atom. The number of hydrogen-bond donors (Lipinski definition) is 1. The maximum absolute atomic E-state index is 12.9. The van der Waals surface area contributed by atoms with Gasteiger partial charge in [0.1, 0.15) is 5.69 Å². The predicted octanol–water partition coefficient (Wildman–Crippen LogP) is 1.72. The Bertz CT molecular complexity index is 685. The van der Waals surface area contributed by atoms with Crippen LogP contribution >= 0.6 is 0 Å². The number of anilines is 1. The molecule has 0 aliphatic carbocycles. The number of carbonyl (C=O) groups excluding carboxylic acids is 1. The molecule has 1 aliphatic rings. The van der Waals surface area contributed by atoms with Crippen LogP contribution < -0.4 is 10.6 Å². The van der Waals surface area contributed by atoms with E-state index in [-0.39, 0.29) is 5.91 Å². The summed E-state index contributed by atoms with van der Waals surface area (Å²) >= 11 is 0. The van der Waals surface area contributed by atoms with Gasteiger partial charge in [0.05, 0.1) is 0 Å². The SMILES string of the molecule is NCCN(CCc1ccccc1)C(=O)c1ccnc(N2CCCC2)n1. The Balaban J connectivity index is 1.70. The molecule has 3 rings (SSSR count). The summed E-state index contributed by atoms with van der Waals surface area (Å²) in [6, 6.07) is 11.8. The summed E-state index contributed by atoms with van der Waals surface area (Å²) in [6.45, 7) is 3.50. The molecule has 132 valence electrons. The zero-order chi connectivity index (χ0) is 17.5. The minimum atomic E-state index is -0.0794. The molecular formula is C19H25N5O. The van der Waals surface area contributed by atoms with Gasteiger partial charge in [0, 0.05) is 38.9 Å². The van der Waals surface area contributed by atoms with Crippen molar-refractivity contribution in [2.75, 3.05) is 37.6 Å². The summed E-state index contributed by atoms with van der Waals surface area (Å²) in [5.41, 5.74) is 7.36. The first-order valence-electron chi connectivity index (χ1n) is 8.89. The van der Waals surface area contributed by atoms with Crippen molar-refractivity contribution in [2.24, 2.45) is 5.73 Å². The largest absolute Gasteiger partial charge is 0.341 e. The van der Waals surface area contributed by atoms with Gasteiger partial charge in [-0.15, -0.1) is 0 Å². The highest BCUT2D eigenvalue weighted by Crippen LogP contribution is 2.16. The quantitative estimate of drug-likeness (QED) is 0.831. The van der Waals surface area contributed by atoms with Gasteiger partial charge in [0.15, 0.2) is 0 Å². The van der Waals surface area contributed by atoms with Gasteiger partial charge in [-0.05, 0) is 30.9 Å². The van der Waals surface area contributed by atoms with E-state index in [1.807, 2.05) is 18.2 Å². The van der Waals surface area contributed by atoms with Crippen molar-refractivity contribution in [3.63, 3.8) is 0 Å². The number of benzene rings is 1. The summed E-state index contributed by atoms with van der Waals surface area (Å²) in [4.78, 5) is 25.6. The van der Waals surface area contributed by atoms with E-state index >= 15 is 0 Å². The van der Waals surface area contributed by atoms with Crippen LogP contribution in [0.5, 0.6) is 0 Å². The number of hydrogen-bond acceptors (Lipinski definition) is 5. The first kappa shape index (κ1) is 17.4. The summed E-state index contributed by atoms with van der Waals surface area (Å²) in [5, 5.41) is 0. The molecular weight excluding hydrogens is 314 g/mol. The van der Waals surface area contributed by atoms with Crippen molar-refractivity contribution in [1.29, 1.82) is 0 Å². The van der Waals surface area contributed by atoms with Crippen molar-refractivity contribution in [3.8, 4) is 0 Å². The van der Waals surface area contributed by atoms with Gasteiger partial charge >= 0.3 is 0 Å². The Morgan fingerprint density at radius 3 is 2.60 bits per heavy atom. The van der Waals surface area contributed by atoms with Crippen LogP contribution in [0.25, 0.3) is 0 Å². The Hall–Kier alpha value is -2.47. The van der Waals surface area contributed by atoms with E-state index in [1.165, 1.54) is 5.56 Å². The van der Waals surface area contributed by atoms with Gasteiger partial charge in [-0.2, -0.15) is 0 Å². The van der Waals surface area contributed by atoms with E-state index in [1.54, 1.807) is 17.2 Å². The second kappa shape index (κ2) is 8.58. The molecule has 1 saturated heterocycles. The highest BCUT2D eigenvalue weighted by molar-refractivity contribution is 5.92. The second-order valence-corrected chi connectivity index (χ2v) is 6.25. The first-order chi connectivity index (χ1) is 12.3. The van der Waals surface area contributed by atoms with Crippen molar-refractivity contribution < 1.29 is 4.79 Å². The molecule has 0 spiro atoms. The zero-order valence-electron chi connectivity index (χ0n) is 14.5. The molecule has 1 aromatic carbocycles. The summed E-state index contributed by atoms with van der Waals surface area (Å²) < 4.78 is 0. The van der Waals surface area contributed by atoms with Crippen LogP contribution in [-0.4, -0.2) is 53.5 Å². The molecule has 0 saturated carbocycles. The van der Waals surface area contributed by atoms with Crippen molar-refractivity contribution in [3.05, 3.63) is 53.9 Å². The third-order valence-corrected chi connectivity index (χ3v) is 4.45. The molecule has 1 aliphatic heterocycles. The molecule has 0 bridgehead atoms. The van der Waals surface area contributed by atoms with Crippen molar-refractivity contribution in [2.45, 2.75) is 19.3 Å². The first-order valence-corrected chi connectivity index (χ1v) is 8.89. The molecule has 0 radical (unpaired) electrons. The molecule has 1 aromatic heterocycles. The molecule has 1 fully saturated rings. The average Bonchev–Trinajstić information content (AvgIpc) is 3.20. The maximum Gasteiger partial charge on any atom is 0.272 e. The topological polar surface area (TPSA) is 75.3 Å². The molecule has 2 aromatic rings. The minimum absolute atomic E-state index is 0.0794. The molecule has 6 heteroatoms. The Labute approximate surface area is 148 Å². The van der Waals surface area contributed by atoms with Crippen LogP contribution in [0.4, 0.5) is 5.95 Å². The molecule has 2 N–H and O–H groups in total. The van der Waals surface area contributed by atoms with Crippen molar-refractivity contribution >= 4 is 11.9 Å². The van der Waals surface area contributed by atoms with Gasteiger partial charge in [0.25, 0.3) is 5.91 Å². The second-order valence-electron chi connectivity index (χ2n) is 6.25. The molecule has 1 amide bonds. The van der Waals surface area contributed by atoms with Crippen LogP contribution in [0.1, 0.15) is 28.9 Å². The average molecular weight is 339 g/mol. The number of carbonyl (C=O) groups is 1. The predicted molar refractivity (Wildman–Crippen MR) is 98.6 cm³/mol. The van der Waals surface area contributed by atoms with E-state index in [0.717, 1.165) is 32.4 Å². The fraction of sp³-hybridized carbons (Fsp3) is 0.421. The third kappa shape index (κ3) is 4.54. The maximum atomic E-state index is 12.9. The van der Waals surface area contributed by atoms with E-state index in [0.29, 0.717) is 31.3 Å². The fourth-order valence-corrected chi connectivity index (χ4v) is 3.08. The fourth-order valence-electron chi connectivity index (χ4n) is 3.08. The van der Waals surface area contributed by atoms with Gasteiger partial charge < -0.3 is 15.5 Å². The van der Waals surface area contributed by atoms with E-state index in [9.17, 15) is 4.79 Å². The number of nitrogens with two attached hydrogens (primary N) is 1. The summed E-state index contributed by atoms with van der Waals surface area (Å²) in [7, 11) is 0. The number of amides is 1. The van der Waals surface area contributed by atoms with Crippen LogP contribution in [-0.2, 0) is 6.42 Å². The monoisotopic (exact) mass is 339 g/mol. The number of rotatable bonds is 7. The summed E-state index contributed by atoms with van der Waals surface area (Å²) in [6.07, 6.45) is 4.78. The highest BCUT2D eigenvalue weighted by Gasteiger charge is 2.20. The molecule has 2 heterocycles. The summed E-state index contributed by atoms with van der Waals surface area (Å²) in [5.74, 6) is 0.573. The molecule has 0 atom stereocenters. The minimum Gasteiger partial charge on any atom is -0.341 e. The lowest BCUT2D eigenvalue weighted by molar-refractivity contribution is 0.0756. The standard InChI is InChI=1S/C19H25N5O/c20-10-15-23(14-9-16-6-2-1-3-7-16)18(25)17-8-11-21-19(22-17)24-12-4-5-13-24/h1-3,6-8,11H,4-5,9-10,12-15,20H2. The third-order valence-electron chi connectivity index (χ3n) is 4.45. The molecule has 25 heavy (non-hydrogen) atoms. The Morgan fingerprint density at radius 2 is 1.88 bits per heavy atom. The normalized spacial score (nSPS) is 13.9. The zero-order valence-corrected chi connectivity index (χ0v) is 14.5. The van der Waals surface area contributed by atoms with Gasteiger partial charge in [-0.3, -0.25) is 4.79 Å². The van der Waals surface area contributed by atoms with Gasteiger partial charge in [-0.25, -0.2) is 9.97 Å². The smallest absolute Gasteiger partial charge is 0.272 e. The lowest BCUT2D eigenvalue weighted by atomic mass is 10.1. The Kier molecular flexibility index (Phi) is 5.95. The van der Waals surface area contributed by atoms with Crippen LogP contribution in [0.15, 0.2) is 42.6 Å². The highest BCUT2D eigenvalue weighted by atomic mass is 16.2. The van der Waals surface area contributed by atoms with Crippen molar-refractivity contribution in [1.82, 2.24) is 14.9 Å². The van der Waals surface area contributed by atoms with Crippen LogP contribution in [0, 0.1) is 0 Å².